The van der Waals surface area contributed by atoms with Crippen molar-refractivity contribution in [2.75, 3.05) is 25.0 Å². The molecule has 2 heterocycles. The first-order chi connectivity index (χ1) is 15.4. The molecule has 4 rings (SSSR count). The van der Waals surface area contributed by atoms with Crippen LogP contribution in [-0.4, -0.2) is 55.0 Å². The monoisotopic (exact) mass is 461 g/mol. The maximum Gasteiger partial charge on any atom is 0.243 e. The predicted molar refractivity (Wildman–Crippen MR) is 119 cm³/mol. The van der Waals surface area contributed by atoms with E-state index in [1.807, 2.05) is 0 Å². The summed E-state index contributed by atoms with van der Waals surface area (Å²) < 4.78 is 27.5. The van der Waals surface area contributed by atoms with Gasteiger partial charge in [0.05, 0.1) is 16.7 Å². The molecule has 3 amide bonds. The third kappa shape index (κ3) is 4.73. The fourth-order valence-corrected chi connectivity index (χ4v) is 6.62. The van der Waals surface area contributed by atoms with E-state index >= 15 is 0 Å². The molecular formula is C23H31N3O5S. The molecule has 32 heavy (non-hydrogen) atoms. The Hall–Kier alpha value is -2.26. The maximum absolute atomic E-state index is 13.0. The van der Waals surface area contributed by atoms with Crippen LogP contribution in [0.15, 0.2) is 29.2 Å². The number of benzene rings is 1. The zero-order valence-corrected chi connectivity index (χ0v) is 19.1. The molecule has 174 valence electrons. The van der Waals surface area contributed by atoms with E-state index in [1.54, 1.807) is 18.2 Å². The SMILES string of the molecule is O=C(CCN1C(=O)[C@H]2CCCC[C@H]2C1=O)Nc1cccc(S(=O)(=O)N2CCCCCC2)c1. The highest BCUT2D eigenvalue weighted by atomic mass is 32.2. The van der Waals surface area contributed by atoms with Crippen molar-refractivity contribution in [1.82, 2.24) is 9.21 Å². The summed E-state index contributed by atoms with van der Waals surface area (Å²) in [4.78, 5) is 39.0. The quantitative estimate of drug-likeness (QED) is 0.656. The molecular weight excluding hydrogens is 430 g/mol. The van der Waals surface area contributed by atoms with Crippen LogP contribution >= 0.6 is 0 Å². The Kier molecular flexibility index (Phi) is 6.95. The van der Waals surface area contributed by atoms with Gasteiger partial charge in [0.2, 0.25) is 27.7 Å². The molecule has 2 atom stereocenters. The number of hydrogen-bond acceptors (Lipinski definition) is 5. The molecule has 0 spiro atoms. The van der Waals surface area contributed by atoms with E-state index in [2.05, 4.69) is 5.32 Å². The average Bonchev–Trinajstić information content (AvgIpc) is 2.98. The highest BCUT2D eigenvalue weighted by Crippen LogP contribution is 2.38. The van der Waals surface area contributed by atoms with Crippen molar-refractivity contribution in [2.24, 2.45) is 11.8 Å². The van der Waals surface area contributed by atoms with E-state index in [-0.39, 0.29) is 47.4 Å². The zero-order chi connectivity index (χ0) is 22.7. The van der Waals surface area contributed by atoms with Gasteiger partial charge < -0.3 is 5.32 Å². The number of nitrogens with one attached hydrogen (secondary N) is 1. The molecule has 1 aromatic carbocycles. The molecule has 1 saturated carbocycles. The van der Waals surface area contributed by atoms with Crippen molar-refractivity contribution < 1.29 is 22.8 Å². The summed E-state index contributed by atoms with van der Waals surface area (Å²) >= 11 is 0. The predicted octanol–water partition coefficient (Wildman–Crippen LogP) is 2.76. The first-order valence-electron chi connectivity index (χ1n) is 11.6. The lowest BCUT2D eigenvalue weighted by Gasteiger charge is -2.20. The van der Waals surface area contributed by atoms with Gasteiger partial charge in [-0.3, -0.25) is 19.3 Å². The van der Waals surface area contributed by atoms with Crippen LogP contribution in [0.4, 0.5) is 5.69 Å². The summed E-state index contributed by atoms with van der Waals surface area (Å²) in [5, 5.41) is 2.71. The third-order valence-corrected chi connectivity index (χ3v) is 8.71. The van der Waals surface area contributed by atoms with E-state index in [1.165, 1.54) is 15.3 Å². The second-order valence-corrected chi connectivity index (χ2v) is 10.9. The number of fused-ring (bicyclic) bond motifs is 1. The second-order valence-electron chi connectivity index (χ2n) is 8.97. The minimum Gasteiger partial charge on any atom is -0.326 e. The number of carbonyl (C=O) groups excluding carboxylic acids is 3. The minimum atomic E-state index is -3.61. The Balaban J connectivity index is 1.37. The van der Waals surface area contributed by atoms with E-state index in [0.717, 1.165) is 51.4 Å². The normalized spacial score (nSPS) is 24.8. The molecule has 0 unspecified atom stereocenters. The third-order valence-electron chi connectivity index (χ3n) is 6.82. The summed E-state index contributed by atoms with van der Waals surface area (Å²) in [6.07, 6.45) is 7.18. The molecule has 9 heteroatoms. The van der Waals surface area contributed by atoms with Crippen LogP contribution in [0.2, 0.25) is 0 Å². The van der Waals surface area contributed by atoms with Gasteiger partial charge in [0.15, 0.2) is 0 Å². The Morgan fingerprint density at radius 3 is 2.19 bits per heavy atom. The van der Waals surface area contributed by atoms with Gasteiger partial charge in [-0.05, 0) is 43.9 Å². The molecule has 8 nitrogen and oxygen atoms in total. The van der Waals surface area contributed by atoms with Crippen molar-refractivity contribution in [3.63, 3.8) is 0 Å². The van der Waals surface area contributed by atoms with Gasteiger partial charge in [0.25, 0.3) is 0 Å². The summed E-state index contributed by atoms with van der Waals surface area (Å²) in [5.41, 5.74) is 0.388. The van der Waals surface area contributed by atoms with Crippen molar-refractivity contribution in [3.05, 3.63) is 24.3 Å². The topological polar surface area (TPSA) is 104 Å². The first-order valence-corrected chi connectivity index (χ1v) is 13.1. The molecule has 0 bridgehead atoms. The van der Waals surface area contributed by atoms with Gasteiger partial charge in [-0.15, -0.1) is 0 Å². The van der Waals surface area contributed by atoms with Gasteiger partial charge in [-0.25, -0.2) is 8.42 Å². The average molecular weight is 462 g/mol. The maximum atomic E-state index is 13.0. The molecule has 0 aromatic heterocycles. The van der Waals surface area contributed by atoms with Gasteiger partial charge in [-0.2, -0.15) is 4.31 Å². The molecule has 1 aromatic rings. The Morgan fingerprint density at radius 1 is 0.938 bits per heavy atom. The smallest absolute Gasteiger partial charge is 0.243 e. The van der Waals surface area contributed by atoms with Crippen LogP contribution in [-0.2, 0) is 24.4 Å². The Morgan fingerprint density at radius 2 is 1.56 bits per heavy atom. The lowest BCUT2D eigenvalue weighted by Crippen LogP contribution is -2.34. The van der Waals surface area contributed by atoms with E-state index in [0.29, 0.717) is 18.8 Å². The second kappa shape index (κ2) is 9.70. The number of carbonyl (C=O) groups is 3. The minimum absolute atomic E-state index is 0.0139. The molecule has 2 aliphatic heterocycles. The fourth-order valence-electron chi connectivity index (χ4n) is 5.05. The van der Waals surface area contributed by atoms with E-state index < -0.39 is 10.0 Å². The van der Waals surface area contributed by atoms with Crippen LogP contribution < -0.4 is 5.32 Å². The number of anilines is 1. The lowest BCUT2D eigenvalue weighted by molar-refractivity contribution is -0.140. The number of nitrogens with zero attached hydrogens (tertiary/aromatic N) is 2. The van der Waals surface area contributed by atoms with Gasteiger partial charge in [-0.1, -0.05) is 31.7 Å². The van der Waals surface area contributed by atoms with Crippen molar-refractivity contribution >= 4 is 33.4 Å². The standard InChI is InChI=1S/C23H31N3O5S/c27-21(12-15-26-22(28)19-10-3-4-11-20(19)23(26)29)24-17-8-7-9-18(16-17)32(30,31)25-13-5-1-2-6-14-25/h7-9,16,19-20H,1-6,10-15H2,(H,24,27)/t19-,20+. The molecule has 2 saturated heterocycles. The van der Waals surface area contributed by atoms with Gasteiger partial charge in [0.1, 0.15) is 0 Å². The molecule has 1 N–H and O–H groups in total. The highest BCUT2D eigenvalue weighted by Gasteiger charge is 2.47. The highest BCUT2D eigenvalue weighted by molar-refractivity contribution is 7.89. The molecule has 3 aliphatic rings. The Labute approximate surface area is 189 Å². The summed E-state index contributed by atoms with van der Waals surface area (Å²) in [7, 11) is -3.61. The number of likely N-dealkylation sites (tertiary alicyclic amines) is 1. The molecule has 1 aliphatic carbocycles. The molecule has 0 radical (unpaired) electrons. The number of hydrogen-bond donors (Lipinski definition) is 1. The zero-order valence-electron chi connectivity index (χ0n) is 18.3. The van der Waals surface area contributed by atoms with Crippen molar-refractivity contribution in [3.8, 4) is 0 Å². The van der Waals surface area contributed by atoms with Crippen LogP contribution in [0.3, 0.4) is 0 Å². The number of sulfonamides is 1. The van der Waals surface area contributed by atoms with Crippen molar-refractivity contribution in [2.45, 2.75) is 62.7 Å². The van der Waals surface area contributed by atoms with Gasteiger partial charge in [0, 0.05) is 31.7 Å². The largest absolute Gasteiger partial charge is 0.326 e. The number of imide groups is 1. The van der Waals surface area contributed by atoms with Crippen LogP contribution in [0.25, 0.3) is 0 Å². The molecule has 3 fully saturated rings. The Bertz CT molecular complexity index is 961. The van der Waals surface area contributed by atoms with Gasteiger partial charge >= 0.3 is 0 Å². The van der Waals surface area contributed by atoms with E-state index in [4.69, 9.17) is 0 Å². The number of rotatable bonds is 6. The van der Waals surface area contributed by atoms with Crippen molar-refractivity contribution in [1.29, 1.82) is 0 Å². The fraction of sp³-hybridized carbons (Fsp3) is 0.609. The summed E-state index contributed by atoms with van der Waals surface area (Å²) in [6.45, 7) is 1.08. The van der Waals surface area contributed by atoms with Crippen LogP contribution in [0, 0.1) is 11.8 Å². The number of amides is 3. The first kappa shape index (κ1) is 22.9. The van der Waals surface area contributed by atoms with Crippen LogP contribution in [0.1, 0.15) is 57.8 Å². The lowest BCUT2D eigenvalue weighted by atomic mass is 9.81. The van der Waals surface area contributed by atoms with E-state index in [9.17, 15) is 22.8 Å². The van der Waals surface area contributed by atoms with Crippen LogP contribution in [0.5, 0.6) is 0 Å². The summed E-state index contributed by atoms with van der Waals surface area (Å²) in [5.74, 6) is -1.11. The summed E-state index contributed by atoms with van der Waals surface area (Å²) in [6, 6.07) is 6.26.